The minimum Gasteiger partial charge on any atom is -0.491 e. The number of rotatable bonds is 8. The van der Waals surface area contributed by atoms with Gasteiger partial charge in [-0.2, -0.15) is 0 Å². The van der Waals surface area contributed by atoms with E-state index in [0.29, 0.717) is 37.4 Å². The van der Waals surface area contributed by atoms with Crippen LogP contribution >= 0.6 is 11.3 Å². The van der Waals surface area contributed by atoms with Crippen LogP contribution in [0, 0.1) is 5.92 Å². The number of nitrogens with zero attached hydrogens (tertiary/aromatic N) is 4. The number of thiazole rings is 1. The molecule has 0 unspecified atom stereocenters. The monoisotopic (exact) mass is 483 g/mol. The van der Waals surface area contributed by atoms with Crippen LogP contribution in [-0.2, 0) is 4.74 Å². The summed E-state index contributed by atoms with van der Waals surface area (Å²) in [6, 6.07) is 7.95. The van der Waals surface area contributed by atoms with Crippen molar-refractivity contribution in [2.24, 2.45) is 5.92 Å². The molecule has 1 aliphatic heterocycles. The lowest BCUT2D eigenvalue weighted by atomic mass is 10.0. The summed E-state index contributed by atoms with van der Waals surface area (Å²) >= 11 is 1.47. The lowest BCUT2D eigenvalue weighted by molar-refractivity contribution is -0.0467. The molecule has 0 aliphatic carbocycles. The average Bonchev–Trinajstić information content (AvgIpc) is 3.13. The Hall–Kier alpha value is -2.75. The minimum absolute atomic E-state index is 0.113. The molecule has 1 N–H and O–H groups in total. The van der Waals surface area contributed by atoms with Gasteiger partial charge in [0.25, 0.3) is 0 Å². The van der Waals surface area contributed by atoms with E-state index < -0.39 is 0 Å². The minimum atomic E-state index is -0.154. The summed E-state index contributed by atoms with van der Waals surface area (Å²) in [5, 5.41) is 3.55. The first-order valence-electron chi connectivity index (χ1n) is 11.5. The van der Waals surface area contributed by atoms with Crippen molar-refractivity contribution in [1.29, 1.82) is 0 Å². The fourth-order valence-electron chi connectivity index (χ4n) is 3.54. The summed E-state index contributed by atoms with van der Waals surface area (Å²) in [7, 11) is 4.03. The Balaban J connectivity index is 1.36. The lowest BCUT2D eigenvalue weighted by Gasteiger charge is -2.39. The number of aromatic nitrogens is 2. The molecule has 34 heavy (non-hydrogen) atoms. The smallest absolute Gasteiger partial charge is 0.323 e. The van der Waals surface area contributed by atoms with Crippen molar-refractivity contribution in [3.63, 3.8) is 0 Å². The van der Waals surface area contributed by atoms with Gasteiger partial charge in [0, 0.05) is 37.3 Å². The summed E-state index contributed by atoms with van der Waals surface area (Å²) in [5.74, 6) is 1.14. The van der Waals surface area contributed by atoms with Crippen molar-refractivity contribution in [3.05, 3.63) is 36.7 Å². The van der Waals surface area contributed by atoms with Gasteiger partial charge in [-0.05, 0) is 58.6 Å². The normalized spacial score (nSPS) is 14.5. The number of ether oxygens (including phenoxy) is 2. The van der Waals surface area contributed by atoms with E-state index in [1.165, 1.54) is 11.3 Å². The Morgan fingerprint density at radius 3 is 2.74 bits per heavy atom. The van der Waals surface area contributed by atoms with E-state index in [0.717, 1.165) is 33.6 Å². The van der Waals surface area contributed by atoms with Gasteiger partial charge >= 0.3 is 6.03 Å². The van der Waals surface area contributed by atoms with Crippen molar-refractivity contribution >= 4 is 32.7 Å². The maximum atomic E-state index is 12.6. The third-order valence-electron chi connectivity index (χ3n) is 5.45. The number of urea groups is 1. The molecule has 1 fully saturated rings. The summed E-state index contributed by atoms with van der Waals surface area (Å²) in [6.07, 6.45) is 3.56. The second kappa shape index (κ2) is 10.2. The number of hydrogen-bond acceptors (Lipinski definition) is 7. The number of pyridine rings is 1. The lowest BCUT2D eigenvalue weighted by Crippen LogP contribution is -2.53. The van der Waals surface area contributed by atoms with E-state index in [2.05, 4.69) is 26.3 Å². The number of amides is 2. The van der Waals surface area contributed by atoms with Gasteiger partial charge in [-0.15, -0.1) is 0 Å². The zero-order valence-corrected chi connectivity index (χ0v) is 21.3. The van der Waals surface area contributed by atoms with Crippen molar-refractivity contribution in [2.75, 3.05) is 52.3 Å². The molecule has 4 rings (SSSR count). The Labute approximate surface area is 204 Å². The first kappa shape index (κ1) is 24.4. The quantitative estimate of drug-likeness (QED) is 0.505. The van der Waals surface area contributed by atoms with Gasteiger partial charge in [0.2, 0.25) is 0 Å². The first-order valence-corrected chi connectivity index (χ1v) is 12.3. The third-order valence-corrected chi connectivity index (χ3v) is 6.39. The molecule has 1 saturated heterocycles. The number of likely N-dealkylation sites (tertiary alicyclic amines) is 1. The Kier molecular flexibility index (Phi) is 7.35. The predicted molar refractivity (Wildman–Crippen MR) is 137 cm³/mol. The predicted octanol–water partition coefficient (Wildman–Crippen LogP) is 4.58. The van der Waals surface area contributed by atoms with Gasteiger partial charge in [-0.3, -0.25) is 10.3 Å². The van der Waals surface area contributed by atoms with Crippen LogP contribution in [0.5, 0.6) is 5.75 Å². The Morgan fingerprint density at radius 1 is 1.21 bits per heavy atom. The van der Waals surface area contributed by atoms with Crippen molar-refractivity contribution < 1.29 is 14.3 Å². The molecule has 182 valence electrons. The van der Waals surface area contributed by atoms with Gasteiger partial charge in [0.05, 0.1) is 28.6 Å². The van der Waals surface area contributed by atoms with Crippen molar-refractivity contribution in [1.82, 2.24) is 19.8 Å². The topological polar surface area (TPSA) is 79.8 Å². The van der Waals surface area contributed by atoms with Gasteiger partial charge in [-0.25, -0.2) is 9.78 Å². The molecular formula is C25H33N5O3S. The van der Waals surface area contributed by atoms with Gasteiger partial charge < -0.3 is 19.3 Å². The highest BCUT2D eigenvalue weighted by Crippen LogP contribution is 2.32. The number of nitrogens with one attached hydrogen (secondary N) is 1. The van der Waals surface area contributed by atoms with Crippen LogP contribution in [0.4, 0.5) is 9.93 Å². The van der Waals surface area contributed by atoms with Crippen molar-refractivity contribution in [2.45, 2.75) is 26.4 Å². The van der Waals surface area contributed by atoms with Crippen LogP contribution in [0.2, 0.25) is 0 Å². The molecule has 0 spiro atoms. The second-order valence-corrected chi connectivity index (χ2v) is 10.9. The van der Waals surface area contributed by atoms with E-state index in [4.69, 9.17) is 9.47 Å². The number of carbonyl (C=O) groups excluding carboxylic acids is 1. The largest absolute Gasteiger partial charge is 0.491 e. The van der Waals surface area contributed by atoms with E-state index in [1.807, 2.05) is 59.3 Å². The highest BCUT2D eigenvalue weighted by molar-refractivity contribution is 7.22. The molecule has 0 saturated carbocycles. The molecule has 1 aromatic carbocycles. The first-order chi connectivity index (χ1) is 16.2. The van der Waals surface area contributed by atoms with E-state index in [9.17, 15) is 4.79 Å². The number of benzene rings is 1. The van der Waals surface area contributed by atoms with Crippen LogP contribution in [0.15, 0.2) is 36.7 Å². The highest BCUT2D eigenvalue weighted by atomic mass is 32.1. The molecule has 9 heteroatoms. The molecular weight excluding hydrogens is 450 g/mol. The SMILES string of the molecule is CN(C)CCOc1cncc(-c2ccc3nc(NC(=O)N4CC(COC(C)(C)C)C4)sc3c2)c1. The number of anilines is 1. The zero-order chi connectivity index (χ0) is 24.3. The summed E-state index contributed by atoms with van der Waals surface area (Å²) in [6.45, 7) is 9.67. The highest BCUT2D eigenvalue weighted by Gasteiger charge is 2.32. The van der Waals surface area contributed by atoms with Gasteiger partial charge in [0.1, 0.15) is 12.4 Å². The van der Waals surface area contributed by atoms with E-state index in [1.54, 1.807) is 11.1 Å². The molecule has 2 amide bonds. The van der Waals surface area contributed by atoms with Crippen LogP contribution in [-0.4, -0.2) is 78.3 Å². The number of hydrogen-bond donors (Lipinski definition) is 1. The van der Waals surface area contributed by atoms with Crippen LogP contribution < -0.4 is 10.1 Å². The maximum absolute atomic E-state index is 12.6. The van der Waals surface area contributed by atoms with Gasteiger partial charge in [-0.1, -0.05) is 17.4 Å². The molecule has 8 nitrogen and oxygen atoms in total. The van der Waals surface area contributed by atoms with Crippen LogP contribution in [0.3, 0.4) is 0 Å². The molecule has 0 atom stereocenters. The van der Waals surface area contributed by atoms with Crippen LogP contribution in [0.25, 0.3) is 21.3 Å². The standard InChI is InChI=1S/C25H33N5O3S/c1-25(2,3)33-16-17-14-30(15-17)24(31)28-23-27-21-7-6-18(11-22(21)34-23)19-10-20(13-26-12-19)32-9-8-29(4)5/h6-7,10-13,17H,8-9,14-16H2,1-5H3,(H,27,28,31). The summed E-state index contributed by atoms with van der Waals surface area (Å²) in [4.78, 5) is 25.4. The maximum Gasteiger partial charge on any atom is 0.323 e. The molecule has 0 bridgehead atoms. The Bertz CT molecular complexity index is 1140. The molecule has 3 aromatic rings. The van der Waals surface area contributed by atoms with Crippen LogP contribution in [0.1, 0.15) is 20.8 Å². The summed E-state index contributed by atoms with van der Waals surface area (Å²) < 4.78 is 12.6. The number of carbonyl (C=O) groups is 1. The molecule has 1 aliphatic rings. The molecule has 3 heterocycles. The third kappa shape index (κ3) is 6.43. The number of fused-ring (bicyclic) bond motifs is 1. The fourth-order valence-corrected chi connectivity index (χ4v) is 4.43. The summed E-state index contributed by atoms with van der Waals surface area (Å²) in [5.41, 5.74) is 2.71. The molecule has 2 aromatic heterocycles. The van der Waals surface area contributed by atoms with Crippen molar-refractivity contribution in [3.8, 4) is 16.9 Å². The second-order valence-electron chi connectivity index (χ2n) is 9.89. The number of likely N-dealkylation sites (N-methyl/N-ethyl adjacent to an activating group) is 1. The fraction of sp³-hybridized carbons (Fsp3) is 0.480. The molecule has 0 radical (unpaired) electrons. The van der Waals surface area contributed by atoms with E-state index >= 15 is 0 Å². The van der Waals surface area contributed by atoms with E-state index in [-0.39, 0.29) is 11.6 Å². The average molecular weight is 484 g/mol. The zero-order valence-electron chi connectivity index (χ0n) is 20.5. The van der Waals surface area contributed by atoms with Gasteiger partial charge in [0.15, 0.2) is 5.13 Å². The Morgan fingerprint density at radius 2 is 2.00 bits per heavy atom.